The zero-order valence-electron chi connectivity index (χ0n) is 13.0. The first-order valence-electron chi connectivity index (χ1n) is 7.53. The van der Waals surface area contributed by atoms with Gasteiger partial charge in [0.2, 0.25) is 0 Å². The molecule has 0 bridgehead atoms. The fourth-order valence-corrected chi connectivity index (χ4v) is 3.43. The van der Waals surface area contributed by atoms with Gasteiger partial charge in [-0.15, -0.1) is 0 Å². The zero-order chi connectivity index (χ0) is 17.3. The minimum absolute atomic E-state index is 0.0363. The fourth-order valence-electron chi connectivity index (χ4n) is 2.90. The Morgan fingerprint density at radius 2 is 2.08 bits per heavy atom. The molecule has 2 aromatic rings. The lowest BCUT2D eigenvalue weighted by Crippen LogP contribution is -2.16. The first-order chi connectivity index (χ1) is 11.4. The van der Waals surface area contributed by atoms with Crippen LogP contribution in [0.15, 0.2) is 36.5 Å². The number of likely N-dealkylation sites (N-methyl/N-ethyl adjacent to an activating group) is 1. The standard InChI is InChI=1S/C17H17F2N3OS/c1-22-8-13(16(24)9-22)12-6-11(3-4-14(12)19)21-17(23)15-5-2-10(18)7-20-15/h2-7,13,16,24H,8-9H2,1H3,(H,21,23). The number of aromatic nitrogens is 1. The Hall–Kier alpha value is -1.99. The molecule has 4 nitrogen and oxygen atoms in total. The number of nitrogens with one attached hydrogen (secondary N) is 1. The van der Waals surface area contributed by atoms with Gasteiger partial charge in [-0.25, -0.2) is 13.8 Å². The van der Waals surface area contributed by atoms with E-state index in [1.54, 1.807) is 6.07 Å². The van der Waals surface area contributed by atoms with Crippen molar-refractivity contribution in [3.05, 3.63) is 59.4 Å². The molecule has 0 saturated carbocycles. The normalized spacial score (nSPS) is 21.0. The van der Waals surface area contributed by atoms with E-state index in [9.17, 15) is 13.6 Å². The summed E-state index contributed by atoms with van der Waals surface area (Å²) in [6.45, 7) is 1.49. The van der Waals surface area contributed by atoms with Crippen LogP contribution in [0.4, 0.5) is 14.5 Å². The van der Waals surface area contributed by atoms with Gasteiger partial charge in [0.25, 0.3) is 5.91 Å². The summed E-state index contributed by atoms with van der Waals surface area (Å²) in [4.78, 5) is 18.0. The Labute approximate surface area is 144 Å². The van der Waals surface area contributed by atoms with E-state index in [2.05, 4.69) is 27.8 Å². The average molecular weight is 349 g/mol. The number of anilines is 1. The summed E-state index contributed by atoms with van der Waals surface area (Å²) in [6, 6.07) is 6.92. The molecule has 1 aliphatic heterocycles. The topological polar surface area (TPSA) is 45.2 Å². The summed E-state index contributed by atoms with van der Waals surface area (Å²) in [7, 11) is 1.97. The van der Waals surface area contributed by atoms with Gasteiger partial charge < -0.3 is 10.2 Å². The molecule has 7 heteroatoms. The second-order valence-electron chi connectivity index (χ2n) is 5.95. The number of likely N-dealkylation sites (tertiary alicyclic amines) is 1. The second kappa shape index (κ2) is 6.86. The molecule has 1 aromatic carbocycles. The quantitative estimate of drug-likeness (QED) is 0.838. The van der Waals surface area contributed by atoms with Gasteiger partial charge in [0.05, 0.1) is 6.20 Å². The van der Waals surface area contributed by atoms with Crippen LogP contribution in [0.5, 0.6) is 0 Å². The Kier molecular flexibility index (Phi) is 4.82. The molecule has 1 saturated heterocycles. The van der Waals surface area contributed by atoms with Crippen LogP contribution >= 0.6 is 12.6 Å². The minimum atomic E-state index is -0.513. The van der Waals surface area contributed by atoms with Crippen molar-refractivity contribution in [1.29, 1.82) is 0 Å². The van der Waals surface area contributed by atoms with E-state index < -0.39 is 11.7 Å². The summed E-state index contributed by atoms with van der Waals surface area (Å²) in [5.74, 6) is -1.34. The number of benzene rings is 1. The molecular formula is C17H17F2N3OS. The first-order valence-corrected chi connectivity index (χ1v) is 8.04. The molecule has 0 spiro atoms. The van der Waals surface area contributed by atoms with Gasteiger partial charge in [-0.1, -0.05) is 0 Å². The number of carbonyl (C=O) groups is 1. The van der Waals surface area contributed by atoms with Crippen LogP contribution in [0.25, 0.3) is 0 Å². The minimum Gasteiger partial charge on any atom is -0.321 e. The highest BCUT2D eigenvalue weighted by atomic mass is 32.1. The van der Waals surface area contributed by atoms with E-state index in [1.807, 2.05) is 7.05 Å². The second-order valence-corrected chi connectivity index (χ2v) is 6.61. The number of hydrogen-bond donors (Lipinski definition) is 2. The summed E-state index contributed by atoms with van der Waals surface area (Å²) >= 11 is 4.54. The van der Waals surface area contributed by atoms with Gasteiger partial charge in [-0.3, -0.25) is 4.79 Å². The fraction of sp³-hybridized carbons (Fsp3) is 0.294. The van der Waals surface area contributed by atoms with Crippen molar-refractivity contribution in [2.24, 2.45) is 0 Å². The molecule has 1 N–H and O–H groups in total. The van der Waals surface area contributed by atoms with Crippen LogP contribution in [0.3, 0.4) is 0 Å². The van der Waals surface area contributed by atoms with Gasteiger partial charge in [0.1, 0.15) is 17.3 Å². The molecule has 24 heavy (non-hydrogen) atoms. The molecule has 1 aliphatic rings. The molecule has 0 aliphatic carbocycles. The Morgan fingerprint density at radius 3 is 2.71 bits per heavy atom. The van der Waals surface area contributed by atoms with E-state index in [0.717, 1.165) is 18.8 Å². The number of rotatable bonds is 3. The molecule has 2 unspecified atom stereocenters. The van der Waals surface area contributed by atoms with Crippen molar-refractivity contribution in [3.8, 4) is 0 Å². The molecule has 1 aromatic heterocycles. The summed E-state index contributed by atoms with van der Waals surface area (Å²) in [5, 5.41) is 2.70. The van der Waals surface area contributed by atoms with Crippen molar-refractivity contribution < 1.29 is 13.6 Å². The van der Waals surface area contributed by atoms with Crippen LogP contribution < -0.4 is 5.32 Å². The van der Waals surface area contributed by atoms with Crippen LogP contribution in [-0.4, -0.2) is 41.2 Å². The average Bonchev–Trinajstić information content (AvgIpc) is 2.88. The molecule has 0 radical (unpaired) electrons. The molecule has 1 amide bonds. The van der Waals surface area contributed by atoms with Crippen LogP contribution in [0.1, 0.15) is 22.0 Å². The third kappa shape index (κ3) is 3.57. The molecular weight excluding hydrogens is 332 g/mol. The number of carbonyl (C=O) groups excluding carboxylic acids is 1. The Balaban J connectivity index is 1.81. The largest absolute Gasteiger partial charge is 0.321 e. The smallest absolute Gasteiger partial charge is 0.274 e. The maximum absolute atomic E-state index is 14.2. The van der Waals surface area contributed by atoms with Crippen molar-refractivity contribution in [2.75, 3.05) is 25.5 Å². The predicted octanol–water partition coefficient (Wildman–Crippen LogP) is 2.94. The lowest BCUT2D eigenvalue weighted by molar-refractivity contribution is 0.102. The van der Waals surface area contributed by atoms with Crippen LogP contribution in [0, 0.1) is 11.6 Å². The Bertz CT molecular complexity index is 754. The molecule has 1 fully saturated rings. The Morgan fingerprint density at radius 1 is 1.29 bits per heavy atom. The predicted molar refractivity (Wildman–Crippen MR) is 91.6 cm³/mol. The van der Waals surface area contributed by atoms with E-state index in [4.69, 9.17) is 0 Å². The number of halogens is 2. The van der Waals surface area contributed by atoms with Crippen molar-refractivity contribution >= 4 is 24.2 Å². The monoisotopic (exact) mass is 349 g/mol. The molecule has 3 rings (SSSR count). The van der Waals surface area contributed by atoms with E-state index in [0.29, 0.717) is 17.8 Å². The third-order valence-electron chi connectivity index (χ3n) is 4.08. The number of nitrogens with zero attached hydrogens (tertiary/aromatic N) is 2. The van der Waals surface area contributed by atoms with Crippen molar-refractivity contribution in [2.45, 2.75) is 11.2 Å². The maximum atomic E-state index is 14.2. The SMILES string of the molecule is CN1CC(S)C(c2cc(NC(=O)c3ccc(F)cn3)ccc2F)C1. The van der Waals surface area contributed by atoms with Crippen molar-refractivity contribution in [1.82, 2.24) is 9.88 Å². The van der Waals surface area contributed by atoms with Gasteiger partial charge in [-0.05, 0) is 42.9 Å². The third-order valence-corrected chi connectivity index (χ3v) is 4.61. The highest BCUT2D eigenvalue weighted by Crippen LogP contribution is 2.33. The zero-order valence-corrected chi connectivity index (χ0v) is 13.9. The highest BCUT2D eigenvalue weighted by Gasteiger charge is 2.31. The summed E-state index contributed by atoms with van der Waals surface area (Å²) in [6.07, 6.45) is 0.977. The maximum Gasteiger partial charge on any atom is 0.274 e. The number of thiol groups is 1. The molecule has 2 heterocycles. The van der Waals surface area contributed by atoms with Gasteiger partial charge in [0.15, 0.2) is 0 Å². The lowest BCUT2D eigenvalue weighted by Gasteiger charge is -2.16. The van der Waals surface area contributed by atoms with E-state index in [1.165, 1.54) is 18.2 Å². The first kappa shape index (κ1) is 16.9. The lowest BCUT2D eigenvalue weighted by atomic mass is 9.96. The number of hydrogen-bond acceptors (Lipinski definition) is 4. The molecule has 2 atom stereocenters. The number of amides is 1. The van der Waals surface area contributed by atoms with Crippen molar-refractivity contribution in [3.63, 3.8) is 0 Å². The summed E-state index contributed by atoms with van der Waals surface area (Å²) < 4.78 is 27.1. The van der Waals surface area contributed by atoms with E-state index in [-0.39, 0.29) is 22.7 Å². The van der Waals surface area contributed by atoms with Gasteiger partial charge >= 0.3 is 0 Å². The van der Waals surface area contributed by atoms with Gasteiger partial charge in [-0.2, -0.15) is 12.6 Å². The van der Waals surface area contributed by atoms with Gasteiger partial charge in [0, 0.05) is 29.9 Å². The highest BCUT2D eigenvalue weighted by molar-refractivity contribution is 7.81. The molecule has 126 valence electrons. The van der Waals surface area contributed by atoms with E-state index >= 15 is 0 Å². The van der Waals surface area contributed by atoms with Crippen LogP contribution in [0.2, 0.25) is 0 Å². The van der Waals surface area contributed by atoms with Crippen LogP contribution in [-0.2, 0) is 0 Å². The number of pyridine rings is 1. The summed E-state index contributed by atoms with van der Waals surface area (Å²) in [5.41, 5.74) is 1.09.